The summed E-state index contributed by atoms with van der Waals surface area (Å²) in [6.07, 6.45) is 1.65. The molecular weight excluding hydrogens is 212 g/mol. The lowest BCUT2D eigenvalue weighted by molar-refractivity contribution is -0.132. The third kappa shape index (κ3) is 7.37. The van der Waals surface area contributed by atoms with E-state index in [9.17, 15) is 4.79 Å². The minimum Gasteiger partial charge on any atom is -0.343 e. The summed E-state index contributed by atoms with van der Waals surface area (Å²) >= 11 is 0. The molecule has 102 valence electrons. The number of amides is 1. The van der Waals surface area contributed by atoms with Crippen molar-refractivity contribution in [3.05, 3.63) is 0 Å². The van der Waals surface area contributed by atoms with E-state index in [1.165, 1.54) is 0 Å². The first-order valence-corrected chi connectivity index (χ1v) is 6.88. The average molecular weight is 242 g/mol. The zero-order valence-electron chi connectivity index (χ0n) is 12.2. The molecule has 1 amide bonds. The van der Waals surface area contributed by atoms with E-state index in [2.05, 4.69) is 27.7 Å². The maximum absolute atomic E-state index is 12.1. The Morgan fingerprint density at radius 3 is 2.12 bits per heavy atom. The molecule has 0 fully saturated rings. The van der Waals surface area contributed by atoms with Gasteiger partial charge in [-0.3, -0.25) is 4.79 Å². The molecule has 0 rings (SSSR count). The molecule has 3 heteroatoms. The third-order valence-electron chi connectivity index (χ3n) is 2.92. The molecule has 0 saturated heterocycles. The second-order valence-electron chi connectivity index (χ2n) is 5.76. The largest absolute Gasteiger partial charge is 0.343 e. The van der Waals surface area contributed by atoms with E-state index in [-0.39, 0.29) is 5.91 Å². The van der Waals surface area contributed by atoms with E-state index < -0.39 is 0 Å². The summed E-state index contributed by atoms with van der Waals surface area (Å²) in [7, 11) is 0. The highest BCUT2D eigenvalue weighted by Gasteiger charge is 2.18. The van der Waals surface area contributed by atoms with Crippen molar-refractivity contribution in [2.24, 2.45) is 23.5 Å². The molecule has 0 bridgehead atoms. The van der Waals surface area contributed by atoms with Gasteiger partial charge in [-0.05, 0) is 37.6 Å². The van der Waals surface area contributed by atoms with Crippen molar-refractivity contribution in [2.45, 2.75) is 47.5 Å². The van der Waals surface area contributed by atoms with Crippen molar-refractivity contribution in [1.29, 1.82) is 0 Å². The fourth-order valence-corrected chi connectivity index (χ4v) is 2.15. The van der Waals surface area contributed by atoms with Gasteiger partial charge in [0.05, 0.1) is 0 Å². The van der Waals surface area contributed by atoms with Gasteiger partial charge >= 0.3 is 0 Å². The lowest BCUT2D eigenvalue weighted by Crippen LogP contribution is -2.36. The van der Waals surface area contributed by atoms with Crippen LogP contribution in [0, 0.1) is 17.8 Å². The minimum absolute atomic E-state index is 0.261. The number of nitrogens with two attached hydrogens (primary N) is 1. The molecule has 0 aromatic heterocycles. The molecule has 0 heterocycles. The molecule has 0 aliphatic heterocycles. The number of hydrogen-bond donors (Lipinski definition) is 1. The number of carbonyl (C=O) groups excluding carboxylic acids is 1. The van der Waals surface area contributed by atoms with Gasteiger partial charge in [-0.25, -0.2) is 0 Å². The monoisotopic (exact) mass is 242 g/mol. The lowest BCUT2D eigenvalue weighted by Gasteiger charge is -2.25. The average Bonchev–Trinajstić information content (AvgIpc) is 2.23. The van der Waals surface area contributed by atoms with Crippen LogP contribution in [-0.4, -0.2) is 30.4 Å². The van der Waals surface area contributed by atoms with Gasteiger partial charge in [0.25, 0.3) is 0 Å². The van der Waals surface area contributed by atoms with Crippen LogP contribution < -0.4 is 5.73 Å². The third-order valence-corrected chi connectivity index (χ3v) is 2.92. The van der Waals surface area contributed by atoms with Crippen molar-refractivity contribution in [2.75, 3.05) is 19.6 Å². The maximum Gasteiger partial charge on any atom is 0.222 e. The van der Waals surface area contributed by atoms with Crippen molar-refractivity contribution in [3.8, 4) is 0 Å². The molecule has 0 radical (unpaired) electrons. The smallest absolute Gasteiger partial charge is 0.222 e. The molecule has 0 aliphatic rings. The van der Waals surface area contributed by atoms with E-state index in [4.69, 9.17) is 5.73 Å². The Morgan fingerprint density at radius 1 is 1.18 bits per heavy atom. The van der Waals surface area contributed by atoms with Crippen LogP contribution in [0.25, 0.3) is 0 Å². The highest BCUT2D eigenvalue weighted by Crippen LogP contribution is 2.16. The van der Waals surface area contributed by atoms with Crippen LogP contribution in [0.4, 0.5) is 0 Å². The topological polar surface area (TPSA) is 46.3 Å². The van der Waals surface area contributed by atoms with Crippen LogP contribution >= 0.6 is 0 Å². The molecule has 3 nitrogen and oxygen atoms in total. The molecule has 0 aromatic rings. The Balaban J connectivity index is 4.26. The van der Waals surface area contributed by atoms with Gasteiger partial charge in [0.1, 0.15) is 0 Å². The van der Waals surface area contributed by atoms with Crippen molar-refractivity contribution < 1.29 is 4.79 Å². The highest BCUT2D eigenvalue weighted by molar-refractivity contribution is 5.76. The standard InChI is InChI=1S/C14H30N2O/c1-6-16(10-12(4)5)14(17)8-13(9-15)7-11(2)3/h11-13H,6-10,15H2,1-5H3. The minimum atomic E-state index is 0.261. The van der Waals surface area contributed by atoms with E-state index >= 15 is 0 Å². The van der Waals surface area contributed by atoms with Crippen LogP contribution in [0.3, 0.4) is 0 Å². The Hall–Kier alpha value is -0.570. The summed E-state index contributed by atoms with van der Waals surface area (Å²) in [5.41, 5.74) is 5.74. The van der Waals surface area contributed by atoms with E-state index in [0.717, 1.165) is 19.5 Å². The summed E-state index contributed by atoms with van der Waals surface area (Å²) < 4.78 is 0. The fourth-order valence-electron chi connectivity index (χ4n) is 2.15. The first kappa shape index (κ1) is 16.4. The lowest BCUT2D eigenvalue weighted by atomic mass is 9.93. The Bertz CT molecular complexity index is 214. The summed E-state index contributed by atoms with van der Waals surface area (Å²) in [6.45, 7) is 13.0. The van der Waals surface area contributed by atoms with Crippen molar-refractivity contribution >= 4 is 5.91 Å². The SMILES string of the molecule is CCN(CC(C)C)C(=O)CC(CN)CC(C)C. The van der Waals surface area contributed by atoms with Gasteiger partial charge in [0.2, 0.25) is 5.91 Å². The van der Waals surface area contributed by atoms with Crippen molar-refractivity contribution in [3.63, 3.8) is 0 Å². The van der Waals surface area contributed by atoms with E-state index in [1.54, 1.807) is 0 Å². The van der Waals surface area contributed by atoms with Gasteiger partial charge in [0, 0.05) is 19.5 Å². The van der Waals surface area contributed by atoms with Crippen LogP contribution in [-0.2, 0) is 4.79 Å². The molecule has 0 spiro atoms. The predicted octanol–water partition coefficient (Wildman–Crippen LogP) is 2.50. The number of rotatable bonds is 8. The Kier molecular flexibility index (Phi) is 8.23. The van der Waals surface area contributed by atoms with Crippen LogP contribution in [0.15, 0.2) is 0 Å². The quantitative estimate of drug-likeness (QED) is 0.711. The zero-order valence-corrected chi connectivity index (χ0v) is 12.2. The molecule has 0 aromatic carbocycles. The molecule has 1 unspecified atom stereocenters. The van der Waals surface area contributed by atoms with Gasteiger partial charge in [-0.15, -0.1) is 0 Å². The molecule has 1 atom stereocenters. The predicted molar refractivity (Wildman–Crippen MR) is 73.7 cm³/mol. The maximum atomic E-state index is 12.1. The molecule has 0 aliphatic carbocycles. The van der Waals surface area contributed by atoms with Gasteiger partial charge in [-0.1, -0.05) is 27.7 Å². The molecule has 0 saturated carbocycles. The number of hydrogen-bond acceptors (Lipinski definition) is 2. The number of nitrogens with zero attached hydrogens (tertiary/aromatic N) is 1. The summed E-state index contributed by atoms with van der Waals surface area (Å²) in [4.78, 5) is 14.1. The second kappa shape index (κ2) is 8.51. The van der Waals surface area contributed by atoms with Gasteiger partial charge in [-0.2, -0.15) is 0 Å². The molecule has 2 N–H and O–H groups in total. The highest BCUT2D eigenvalue weighted by atomic mass is 16.2. The second-order valence-corrected chi connectivity index (χ2v) is 5.76. The first-order valence-electron chi connectivity index (χ1n) is 6.88. The van der Waals surface area contributed by atoms with E-state index in [0.29, 0.717) is 30.7 Å². The first-order chi connectivity index (χ1) is 7.90. The van der Waals surface area contributed by atoms with Crippen LogP contribution in [0.1, 0.15) is 47.5 Å². The number of carbonyl (C=O) groups is 1. The van der Waals surface area contributed by atoms with Gasteiger partial charge in [0.15, 0.2) is 0 Å². The van der Waals surface area contributed by atoms with Crippen molar-refractivity contribution in [1.82, 2.24) is 4.90 Å². The summed E-state index contributed by atoms with van der Waals surface area (Å²) in [5, 5.41) is 0. The molecule has 17 heavy (non-hydrogen) atoms. The van der Waals surface area contributed by atoms with Crippen LogP contribution in [0.2, 0.25) is 0 Å². The van der Waals surface area contributed by atoms with Gasteiger partial charge < -0.3 is 10.6 Å². The normalized spacial score (nSPS) is 13.2. The Labute approximate surface area is 107 Å². The fraction of sp³-hybridized carbons (Fsp3) is 0.929. The molecular formula is C14H30N2O. The zero-order chi connectivity index (χ0) is 13.4. The summed E-state index contributed by atoms with van der Waals surface area (Å²) in [5.74, 6) is 1.73. The Morgan fingerprint density at radius 2 is 1.76 bits per heavy atom. The summed E-state index contributed by atoms with van der Waals surface area (Å²) in [6, 6.07) is 0. The van der Waals surface area contributed by atoms with Crippen LogP contribution in [0.5, 0.6) is 0 Å². The van der Waals surface area contributed by atoms with E-state index in [1.807, 2.05) is 11.8 Å².